The van der Waals surface area contributed by atoms with Gasteiger partial charge < -0.3 is 10.1 Å². The molecule has 132 valence electrons. The molecule has 3 atom stereocenters. The number of ether oxygens (including phenoxy) is 1. The van der Waals surface area contributed by atoms with E-state index < -0.39 is 0 Å². The zero-order chi connectivity index (χ0) is 17.1. The highest BCUT2D eigenvalue weighted by Crippen LogP contribution is 2.39. The molecule has 1 saturated carbocycles. The third-order valence-electron chi connectivity index (χ3n) is 5.37. The predicted octanol–water partition coefficient (Wildman–Crippen LogP) is 4.44. The molecular formula is C20H28FNO2. The first-order valence-electron chi connectivity index (χ1n) is 9.21. The molecule has 3 nitrogen and oxygen atoms in total. The molecule has 0 spiro atoms. The minimum Gasteiger partial charge on any atom is -0.370 e. The van der Waals surface area contributed by atoms with Crippen LogP contribution in [0.25, 0.3) is 0 Å². The van der Waals surface area contributed by atoms with Gasteiger partial charge in [0.05, 0.1) is 12.2 Å². The van der Waals surface area contributed by atoms with Crippen molar-refractivity contribution >= 4 is 5.91 Å². The summed E-state index contributed by atoms with van der Waals surface area (Å²) in [6.45, 7) is 3.46. The number of aryl methyl sites for hydroxylation is 1. The van der Waals surface area contributed by atoms with E-state index in [-0.39, 0.29) is 30.0 Å². The molecule has 1 aromatic carbocycles. The molecule has 1 amide bonds. The fourth-order valence-corrected chi connectivity index (χ4v) is 4.34. The standard InChI is InChI=1S/C20H28FNO2/c1-13-8-16(10-17(21)9-13)20-12-18(22-14(2)23)11-19(24-20)15-6-4-3-5-7-15/h8-10,15,18-20H,3-7,11-12H2,1-2H3,(H,22,23)/t18-,19-,20+/m1/s1. The number of carbonyl (C=O) groups is 1. The van der Waals surface area contributed by atoms with E-state index in [1.807, 2.05) is 13.0 Å². The molecule has 1 heterocycles. The number of amides is 1. The van der Waals surface area contributed by atoms with Crippen molar-refractivity contribution in [2.24, 2.45) is 5.92 Å². The van der Waals surface area contributed by atoms with Crippen LogP contribution in [0.3, 0.4) is 0 Å². The molecule has 1 aliphatic carbocycles. The Kier molecular flexibility index (Phi) is 5.54. The number of halogens is 1. The Hall–Kier alpha value is -1.42. The van der Waals surface area contributed by atoms with Crippen LogP contribution in [0.5, 0.6) is 0 Å². The highest BCUT2D eigenvalue weighted by molar-refractivity contribution is 5.73. The highest BCUT2D eigenvalue weighted by atomic mass is 19.1. The van der Waals surface area contributed by atoms with Gasteiger partial charge in [0.1, 0.15) is 5.82 Å². The van der Waals surface area contributed by atoms with Gasteiger partial charge in [-0.3, -0.25) is 4.79 Å². The zero-order valence-electron chi connectivity index (χ0n) is 14.7. The molecule has 1 saturated heterocycles. The molecule has 3 rings (SSSR count). The van der Waals surface area contributed by atoms with Gasteiger partial charge in [0.15, 0.2) is 0 Å². The monoisotopic (exact) mass is 333 g/mol. The van der Waals surface area contributed by atoms with Crippen LogP contribution >= 0.6 is 0 Å². The van der Waals surface area contributed by atoms with Crippen LogP contribution in [0, 0.1) is 18.7 Å². The van der Waals surface area contributed by atoms with Crippen molar-refractivity contribution in [3.8, 4) is 0 Å². The zero-order valence-corrected chi connectivity index (χ0v) is 14.7. The number of benzene rings is 1. The van der Waals surface area contributed by atoms with E-state index in [9.17, 15) is 9.18 Å². The van der Waals surface area contributed by atoms with Crippen LogP contribution in [0.2, 0.25) is 0 Å². The Labute approximate surface area is 144 Å². The lowest BCUT2D eigenvalue weighted by atomic mass is 9.80. The molecule has 2 aliphatic rings. The average molecular weight is 333 g/mol. The van der Waals surface area contributed by atoms with Crippen LogP contribution in [0.15, 0.2) is 18.2 Å². The lowest BCUT2D eigenvalue weighted by Gasteiger charge is -2.40. The number of rotatable bonds is 3. The predicted molar refractivity (Wildman–Crippen MR) is 92.2 cm³/mol. The molecule has 2 fully saturated rings. The van der Waals surface area contributed by atoms with Gasteiger partial charge in [0.2, 0.25) is 5.91 Å². The van der Waals surface area contributed by atoms with Crippen LogP contribution in [0.1, 0.15) is 69.1 Å². The summed E-state index contributed by atoms with van der Waals surface area (Å²) in [5, 5.41) is 3.07. The Balaban J connectivity index is 1.80. The Morgan fingerprint density at radius 1 is 1.17 bits per heavy atom. The second-order valence-electron chi connectivity index (χ2n) is 7.49. The molecule has 0 aromatic heterocycles. The first-order chi connectivity index (χ1) is 11.5. The summed E-state index contributed by atoms with van der Waals surface area (Å²) in [4.78, 5) is 11.5. The van der Waals surface area contributed by atoms with E-state index >= 15 is 0 Å². The summed E-state index contributed by atoms with van der Waals surface area (Å²) in [5.74, 6) is 0.343. The van der Waals surface area contributed by atoms with Crippen molar-refractivity contribution < 1.29 is 13.9 Å². The highest BCUT2D eigenvalue weighted by Gasteiger charge is 2.35. The van der Waals surface area contributed by atoms with Gasteiger partial charge in [-0.2, -0.15) is 0 Å². The van der Waals surface area contributed by atoms with E-state index in [1.54, 1.807) is 13.0 Å². The molecule has 24 heavy (non-hydrogen) atoms. The number of nitrogens with one attached hydrogen (secondary N) is 1. The summed E-state index contributed by atoms with van der Waals surface area (Å²) in [5.41, 5.74) is 1.80. The lowest BCUT2D eigenvalue weighted by Crippen LogP contribution is -2.44. The summed E-state index contributed by atoms with van der Waals surface area (Å²) < 4.78 is 20.2. The van der Waals surface area contributed by atoms with Crippen molar-refractivity contribution in [1.82, 2.24) is 5.32 Å². The normalized spacial score (nSPS) is 28.5. The van der Waals surface area contributed by atoms with Crippen molar-refractivity contribution in [2.45, 2.75) is 77.0 Å². The van der Waals surface area contributed by atoms with Gasteiger partial charge in [0.25, 0.3) is 0 Å². The van der Waals surface area contributed by atoms with Crippen LogP contribution in [-0.2, 0) is 9.53 Å². The van der Waals surface area contributed by atoms with Gasteiger partial charge in [-0.1, -0.05) is 25.3 Å². The molecule has 0 unspecified atom stereocenters. The summed E-state index contributed by atoms with van der Waals surface area (Å²) in [7, 11) is 0. The van der Waals surface area contributed by atoms with Crippen LogP contribution < -0.4 is 5.32 Å². The molecule has 1 aliphatic heterocycles. The summed E-state index contributed by atoms with van der Waals surface area (Å²) >= 11 is 0. The Morgan fingerprint density at radius 3 is 2.58 bits per heavy atom. The maximum absolute atomic E-state index is 13.8. The fraction of sp³-hybridized carbons (Fsp3) is 0.650. The van der Waals surface area contributed by atoms with Crippen molar-refractivity contribution in [3.05, 3.63) is 35.1 Å². The molecular weight excluding hydrogens is 305 g/mol. The third kappa shape index (κ3) is 4.35. The first kappa shape index (κ1) is 17.4. The minimum atomic E-state index is -0.218. The molecule has 1 aromatic rings. The average Bonchev–Trinajstić information content (AvgIpc) is 2.54. The number of hydrogen-bond acceptors (Lipinski definition) is 2. The smallest absolute Gasteiger partial charge is 0.217 e. The van der Waals surface area contributed by atoms with Gasteiger partial charge in [0, 0.05) is 13.0 Å². The van der Waals surface area contributed by atoms with E-state index in [1.165, 1.54) is 38.2 Å². The van der Waals surface area contributed by atoms with Crippen molar-refractivity contribution in [3.63, 3.8) is 0 Å². The van der Waals surface area contributed by atoms with Crippen LogP contribution in [0.4, 0.5) is 4.39 Å². The van der Waals surface area contributed by atoms with Gasteiger partial charge in [-0.15, -0.1) is 0 Å². The van der Waals surface area contributed by atoms with E-state index in [2.05, 4.69) is 5.32 Å². The quantitative estimate of drug-likeness (QED) is 0.888. The SMILES string of the molecule is CC(=O)N[C@H]1C[C@@H](c2cc(C)cc(F)c2)O[C@@H](C2CCCCC2)C1. The van der Waals surface area contributed by atoms with E-state index in [4.69, 9.17) is 4.74 Å². The van der Waals surface area contributed by atoms with Crippen molar-refractivity contribution in [1.29, 1.82) is 0 Å². The molecule has 0 bridgehead atoms. The second kappa shape index (κ2) is 7.64. The largest absolute Gasteiger partial charge is 0.370 e. The molecule has 4 heteroatoms. The second-order valence-corrected chi connectivity index (χ2v) is 7.49. The fourth-order valence-electron chi connectivity index (χ4n) is 4.34. The van der Waals surface area contributed by atoms with E-state index in [0.29, 0.717) is 12.3 Å². The number of hydrogen-bond donors (Lipinski definition) is 1. The van der Waals surface area contributed by atoms with Gasteiger partial charge in [-0.05, 0) is 61.8 Å². The first-order valence-corrected chi connectivity index (χ1v) is 9.21. The number of carbonyl (C=O) groups excluding carboxylic acids is 1. The maximum Gasteiger partial charge on any atom is 0.217 e. The van der Waals surface area contributed by atoms with E-state index in [0.717, 1.165) is 17.5 Å². The van der Waals surface area contributed by atoms with Crippen LogP contribution in [-0.4, -0.2) is 18.1 Å². The molecule has 0 radical (unpaired) electrons. The van der Waals surface area contributed by atoms with Gasteiger partial charge in [-0.25, -0.2) is 4.39 Å². The maximum atomic E-state index is 13.8. The summed E-state index contributed by atoms with van der Waals surface area (Å²) in [6.07, 6.45) is 7.84. The summed E-state index contributed by atoms with van der Waals surface area (Å²) in [6, 6.07) is 5.22. The lowest BCUT2D eigenvalue weighted by molar-refractivity contribution is -0.124. The Bertz CT molecular complexity index is 563. The topological polar surface area (TPSA) is 38.3 Å². The van der Waals surface area contributed by atoms with Crippen molar-refractivity contribution in [2.75, 3.05) is 0 Å². The molecule has 1 N–H and O–H groups in total. The minimum absolute atomic E-state index is 0.00142. The van der Waals surface area contributed by atoms with Gasteiger partial charge >= 0.3 is 0 Å². The Morgan fingerprint density at radius 2 is 1.92 bits per heavy atom. The third-order valence-corrected chi connectivity index (χ3v) is 5.37.